The largest absolute Gasteiger partial charge is 0.507 e. The molecule has 1 aliphatic rings. The number of rotatable bonds is 5. The quantitative estimate of drug-likeness (QED) is 0.666. The molecule has 1 aromatic heterocycles. The smallest absolute Gasteiger partial charge is 0.220 e. The molecular formula is C22H22N4O2. The molecule has 0 amide bonds. The SMILES string of the molecule is Nc1nccc(-c2cc(C(=O)c3cccc(CN4CCCC4)c3)ccc2O)n1. The van der Waals surface area contributed by atoms with E-state index in [2.05, 4.69) is 20.9 Å². The summed E-state index contributed by atoms with van der Waals surface area (Å²) in [5.74, 6) is 0.0622. The minimum absolute atomic E-state index is 0.0393. The Bertz CT molecular complexity index is 1010. The molecule has 28 heavy (non-hydrogen) atoms. The predicted molar refractivity (Wildman–Crippen MR) is 108 cm³/mol. The number of carbonyl (C=O) groups excluding carboxylic acids is 1. The molecule has 0 bridgehead atoms. The molecular weight excluding hydrogens is 352 g/mol. The van der Waals surface area contributed by atoms with Crippen molar-refractivity contribution < 1.29 is 9.90 Å². The highest BCUT2D eigenvalue weighted by Crippen LogP contribution is 2.29. The molecule has 0 unspecified atom stereocenters. The van der Waals surface area contributed by atoms with Gasteiger partial charge in [0.2, 0.25) is 5.95 Å². The van der Waals surface area contributed by atoms with Crippen molar-refractivity contribution in [2.75, 3.05) is 18.8 Å². The van der Waals surface area contributed by atoms with Crippen LogP contribution in [0, 0.1) is 0 Å². The first-order chi connectivity index (χ1) is 13.6. The van der Waals surface area contributed by atoms with Crippen LogP contribution in [0.1, 0.15) is 34.3 Å². The van der Waals surface area contributed by atoms with E-state index < -0.39 is 0 Å². The van der Waals surface area contributed by atoms with Crippen molar-refractivity contribution in [3.05, 3.63) is 71.4 Å². The van der Waals surface area contributed by atoms with Crippen LogP contribution in [0.15, 0.2) is 54.7 Å². The maximum atomic E-state index is 13.0. The predicted octanol–water partition coefficient (Wildman–Crippen LogP) is 3.26. The number of benzene rings is 2. The summed E-state index contributed by atoms with van der Waals surface area (Å²) in [5, 5.41) is 10.2. The number of aromatic nitrogens is 2. The van der Waals surface area contributed by atoms with Gasteiger partial charge in [-0.25, -0.2) is 9.97 Å². The van der Waals surface area contributed by atoms with Gasteiger partial charge >= 0.3 is 0 Å². The molecule has 0 saturated carbocycles. The molecule has 0 atom stereocenters. The van der Waals surface area contributed by atoms with E-state index >= 15 is 0 Å². The first-order valence-corrected chi connectivity index (χ1v) is 9.38. The topological polar surface area (TPSA) is 92.3 Å². The Hall–Kier alpha value is -3.25. The first-order valence-electron chi connectivity index (χ1n) is 9.38. The highest BCUT2D eigenvalue weighted by Gasteiger charge is 2.16. The van der Waals surface area contributed by atoms with Crippen LogP contribution in [-0.4, -0.2) is 38.8 Å². The number of aromatic hydroxyl groups is 1. The van der Waals surface area contributed by atoms with Gasteiger partial charge in [-0.05, 0) is 61.8 Å². The van der Waals surface area contributed by atoms with Gasteiger partial charge in [-0.3, -0.25) is 9.69 Å². The summed E-state index contributed by atoms with van der Waals surface area (Å²) in [6.07, 6.45) is 4.00. The van der Waals surface area contributed by atoms with Crippen molar-refractivity contribution in [3.8, 4) is 17.0 Å². The molecule has 2 heterocycles. The van der Waals surface area contributed by atoms with Crippen LogP contribution in [0.3, 0.4) is 0 Å². The van der Waals surface area contributed by atoms with Gasteiger partial charge in [-0.1, -0.05) is 18.2 Å². The Labute approximate surface area is 163 Å². The van der Waals surface area contributed by atoms with E-state index in [-0.39, 0.29) is 17.5 Å². The average Bonchev–Trinajstić information content (AvgIpc) is 3.21. The molecule has 6 nitrogen and oxygen atoms in total. The third-order valence-corrected chi connectivity index (χ3v) is 5.00. The zero-order valence-corrected chi connectivity index (χ0v) is 15.5. The fourth-order valence-corrected chi connectivity index (χ4v) is 3.58. The minimum Gasteiger partial charge on any atom is -0.507 e. The van der Waals surface area contributed by atoms with E-state index in [0.29, 0.717) is 22.4 Å². The lowest BCUT2D eigenvalue weighted by molar-refractivity contribution is 0.103. The molecule has 0 aliphatic carbocycles. The van der Waals surface area contributed by atoms with Gasteiger partial charge in [0.1, 0.15) is 5.75 Å². The van der Waals surface area contributed by atoms with Crippen molar-refractivity contribution in [2.45, 2.75) is 19.4 Å². The second kappa shape index (κ2) is 7.78. The number of phenols is 1. The minimum atomic E-state index is -0.0912. The average molecular weight is 374 g/mol. The van der Waals surface area contributed by atoms with E-state index in [4.69, 9.17) is 5.73 Å². The summed E-state index contributed by atoms with van der Waals surface area (Å²) >= 11 is 0. The van der Waals surface area contributed by atoms with Gasteiger partial charge in [-0.15, -0.1) is 0 Å². The maximum Gasteiger partial charge on any atom is 0.220 e. The molecule has 0 radical (unpaired) electrons. The number of nitrogen functional groups attached to an aromatic ring is 1. The highest BCUT2D eigenvalue weighted by molar-refractivity contribution is 6.09. The first kappa shape index (κ1) is 18.1. The molecule has 1 aliphatic heterocycles. The Morgan fingerprint density at radius 1 is 1.07 bits per heavy atom. The van der Waals surface area contributed by atoms with Gasteiger partial charge in [-0.2, -0.15) is 0 Å². The third kappa shape index (κ3) is 3.87. The lowest BCUT2D eigenvalue weighted by atomic mass is 9.98. The fraction of sp³-hybridized carbons (Fsp3) is 0.227. The zero-order chi connectivity index (χ0) is 19.5. The summed E-state index contributed by atoms with van der Waals surface area (Å²) in [6, 6.07) is 14.2. The summed E-state index contributed by atoms with van der Waals surface area (Å²) in [5.41, 5.74) is 8.83. The number of nitrogens with zero attached hydrogens (tertiary/aromatic N) is 3. The molecule has 2 aromatic carbocycles. The Balaban J connectivity index is 1.62. The third-order valence-electron chi connectivity index (χ3n) is 5.00. The summed E-state index contributed by atoms with van der Waals surface area (Å²) in [7, 11) is 0. The second-order valence-electron chi connectivity index (χ2n) is 7.04. The van der Waals surface area contributed by atoms with E-state index in [1.165, 1.54) is 25.1 Å². The van der Waals surface area contributed by atoms with E-state index in [1.807, 2.05) is 18.2 Å². The van der Waals surface area contributed by atoms with Gasteiger partial charge in [0.15, 0.2) is 5.78 Å². The number of likely N-dealkylation sites (tertiary alicyclic amines) is 1. The molecule has 1 saturated heterocycles. The van der Waals surface area contributed by atoms with E-state index in [1.54, 1.807) is 18.2 Å². The van der Waals surface area contributed by atoms with Crippen LogP contribution < -0.4 is 5.73 Å². The number of nitrogens with two attached hydrogens (primary N) is 1. The van der Waals surface area contributed by atoms with Crippen molar-refractivity contribution in [2.24, 2.45) is 0 Å². The summed E-state index contributed by atoms with van der Waals surface area (Å²) in [4.78, 5) is 23.5. The van der Waals surface area contributed by atoms with Crippen LogP contribution in [0.4, 0.5) is 5.95 Å². The lowest BCUT2D eigenvalue weighted by Crippen LogP contribution is -2.18. The number of carbonyl (C=O) groups is 1. The molecule has 6 heteroatoms. The summed E-state index contributed by atoms with van der Waals surface area (Å²) in [6.45, 7) is 3.09. The zero-order valence-electron chi connectivity index (χ0n) is 15.5. The Kier molecular flexibility index (Phi) is 5.04. The fourth-order valence-electron chi connectivity index (χ4n) is 3.58. The standard InChI is InChI=1S/C22H22N4O2/c23-22-24-9-8-19(25-22)18-13-17(6-7-20(18)27)21(28)16-5-3-4-15(12-16)14-26-10-1-2-11-26/h3-9,12-13,27H,1-2,10-11,14H2,(H2,23,24,25). The molecule has 1 fully saturated rings. The number of hydrogen-bond acceptors (Lipinski definition) is 6. The van der Waals surface area contributed by atoms with Crippen molar-refractivity contribution >= 4 is 11.7 Å². The molecule has 3 aromatic rings. The van der Waals surface area contributed by atoms with Crippen LogP contribution in [-0.2, 0) is 6.54 Å². The second-order valence-corrected chi connectivity index (χ2v) is 7.04. The monoisotopic (exact) mass is 374 g/mol. The van der Waals surface area contributed by atoms with E-state index in [0.717, 1.165) is 25.2 Å². The van der Waals surface area contributed by atoms with Crippen molar-refractivity contribution in [1.29, 1.82) is 0 Å². The Morgan fingerprint density at radius 3 is 2.64 bits per heavy atom. The normalized spacial score (nSPS) is 14.3. The molecule has 142 valence electrons. The maximum absolute atomic E-state index is 13.0. The number of phenolic OH excluding ortho intramolecular Hbond substituents is 1. The van der Waals surface area contributed by atoms with Gasteiger partial charge in [0.05, 0.1) is 5.69 Å². The van der Waals surface area contributed by atoms with Crippen LogP contribution in [0.25, 0.3) is 11.3 Å². The van der Waals surface area contributed by atoms with Gasteiger partial charge < -0.3 is 10.8 Å². The van der Waals surface area contributed by atoms with E-state index in [9.17, 15) is 9.90 Å². The van der Waals surface area contributed by atoms with Crippen LogP contribution in [0.2, 0.25) is 0 Å². The molecule has 0 spiro atoms. The summed E-state index contributed by atoms with van der Waals surface area (Å²) < 4.78 is 0. The van der Waals surface area contributed by atoms with Crippen molar-refractivity contribution in [1.82, 2.24) is 14.9 Å². The lowest BCUT2D eigenvalue weighted by Gasteiger charge is -2.15. The Morgan fingerprint density at radius 2 is 1.86 bits per heavy atom. The number of hydrogen-bond donors (Lipinski definition) is 2. The molecule has 4 rings (SSSR count). The number of anilines is 1. The van der Waals surface area contributed by atoms with Crippen molar-refractivity contribution in [3.63, 3.8) is 0 Å². The molecule has 3 N–H and O–H groups in total. The van der Waals surface area contributed by atoms with Gasteiger partial charge in [0, 0.05) is 29.4 Å². The number of ketones is 1. The highest BCUT2D eigenvalue weighted by atomic mass is 16.3. The van der Waals surface area contributed by atoms with Crippen LogP contribution in [0.5, 0.6) is 5.75 Å². The van der Waals surface area contributed by atoms with Crippen LogP contribution >= 0.6 is 0 Å². The van der Waals surface area contributed by atoms with Gasteiger partial charge in [0.25, 0.3) is 0 Å².